The number of carboxylic acids is 1. The molecule has 19 heavy (non-hydrogen) atoms. The van der Waals surface area contributed by atoms with Crippen LogP contribution in [0.3, 0.4) is 0 Å². The summed E-state index contributed by atoms with van der Waals surface area (Å²) in [6.07, 6.45) is 2.79. The van der Waals surface area contributed by atoms with Crippen LogP contribution in [0.2, 0.25) is 0 Å². The fourth-order valence-electron chi connectivity index (χ4n) is 1.73. The molecule has 104 valence electrons. The van der Waals surface area contributed by atoms with Crippen molar-refractivity contribution in [2.24, 2.45) is 0 Å². The van der Waals surface area contributed by atoms with Gasteiger partial charge < -0.3 is 15.2 Å². The first-order valence-electron chi connectivity index (χ1n) is 5.67. The maximum absolute atomic E-state index is 10.8. The molecule has 0 fully saturated rings. The van der Waals surface area contributed by atoms with E-state index < -0.39 is 10.9 Å². The summed E-state index contributed by atoms with van der Waals surface area (Å²) in [6.45, 7) is 6.18. The van der Waals surface area contributed by atoms with E-state index in [-0.39, 0.29) is 12.4 Å². The lowest BCUT2D eigenvalue weighted by atomic mass is 10.4. The van der Waals surface area contributed by atoms with E-state index in [9.17, 15) is 14.9 Å². The van der Waals surface area contributed by atoms with Crippen molar-refractivity contribution in [2.45, 2.75) is 13.5 Å². The molecule has 0 radical (unpaired) electrons. The molecule has 0 bridgehead atoms. The maximum atomic E-state index is 10.8. The lowest BCUT2D eigenvalue weighted by Gasteiger charge is -2.17. The zero-order valence-electron chi connectivity index (χ0n) is 10.7. The minimum atomic E-state index is -0.946. The molecule has 0 aliphatic heterocycles. The average Bonchev–Trinajstić information content (AvgIpc) is 2.67. The van der Waals surface area contributed by atoms with E-state index in [1.807, 2.05) is 0 Å². The predicted octanol–water partition coefficient (Wildman–Crippen LogP) is 0.672. The van der Waals surface area contributed by atoms with Crippen LogP contribution < -0.4 is 0 Å². The molecule has 0 atom stereocenters. The number of rotatable bonds is 8. The molecule has 8 heteroatoms. The number of aryl methyl sites for hydroxylation is 1. The van der Waals surface area contributed by atoms with Gasteiger partial charge in [-0.2, -0.15) is 0 Å². The first-order valence-corrected chi connectivity index (χ1v) is 5.67. The van der Waals surface area contributed by atoms with Crippen LogP contribution in [0.25, 0.3) is 0 Å². The van der Waals surface area contributed by atoms with Gasteiger partial charge in [-0.1, -0.05) is 6.08 Å². The zero-order valence-corrected chi connectivity index (χ0v) is 10.7. The topological polar surface area (TPSA) is 102 Å². The Balaban J connectivity index is 2.73. The number of imidazole rings is 1. The number of nitro groups is 1. The molecule has 0 aliphatic rings. The van der Waals surface area contributed by atoms with Gasteiger partial charge in [-0.15, -0.1) is 6.58 Å². The van der Waals surface area contributed by atoms with Gasteiger partial charge in [-0.3, -0.25) is 9.69 Å². The van der Waals surface area contributed by atoms with E-state index in [0.29, 0.717) is 25.5 Å². The van der Waals surface area contributed by atoms with E-state index in [1.165, 1.54) is 10.8 Å². The van der Waals surface area contributed by atoms with Crippen LogP contribution in [0.5, 0.6) is 0 Å². The van der Waals surface area contributed by atoms with E-state index in [2.05, 4.69) is 11.6 Å². The number of hydrogen-bond acceptors (Lipinski definition) is 5. The fraction of sp³-hybridized carbons (Fsp3) is 0.455. The first kappa shape index (κ1) is 14.8. The molecule has 0 spiro atoms. The van der Waals surface area contributed by atoms with Gasteiger partial charge in [0.15, 0.2) is 5.82 Å². The molecule has 0 aliphatic carbocycles. The molecule has 0 aromatic carbocycles. The lowest BCUT2D eigenvalue weighted by Crippen LogP contribution is -2.33. The third-order valence-electron chi connectivity index (χ3n) is 2.61. The Hall–Kier alpha value is -2.22. The van der Waals surface area contributed by atoms with Gasteiger partial charge in [-0.05, 0) is 4.92 Å². The highest BCUT2D eigenvalue weighted by atomic mass is 16.6. The quantitative estimate of drug-likeness (QED) is 0.422. The van der Waals surface area contributed by atoms with Crippen molar-refractivity contribution in [3.05, 3.63) is 34.8 Å². The molecule has 0 saturated carbocycles. The largest absolute Gasteiger partial charge is 0.480 e. The Morgan fingerprint density at radius 1 is 1.74 bits per heavy atom. The van der Waals surface area contributed by atoms with Gasteiger partial charge in [-0.25, -0.2) is 9.55 Å². The SMILES string of the molecule is C=CCN(CCn1c([N+](=O)[O-])cnc1C)CC(=O)O. The van der Waals surface area contributed by atoms with Crippen molar-refractivity contribution in [3.8, 4) is 0 Å². The summed E-state index contributed by atoms with van der Waals surface area (Å²) in [7, 11) is 0. The Bertz CT molecular complexity index is 483. The second kappa shape index (κ2) is 6.64. The third-order valence-corrected chi connectivity index (χ3v) is 2.61. The lowest BCUT2D eigenvalue weighted by molar-refractivity contribution is -0.392. The molecule has 1 N–H and O–H groups in total. The summed E-state index contributed by atoms with van der Waals surface area (Å²) in [5, 5.41) is 19.6. The standard InChI is InChI=1S/C11H16N4O4/c1-3-4-13(8-11(16)17)5-6-14-9(2)12-7-10(14)15(18)19/h3,7H,1,4-6,8H2,2H3,(H,16,17). The number of carboxylic acid groups (broad SMARTS) is 1. The first-order chi connectivity index (χ1) is 8.95. The number of carbonyl (C=O) groups is 1. The van der Waals surface area contributed by atoms with Gasteiger partial charge in [0.25, 0.3) is 0 Å². The monoisotopic (exact) mass is 268 g/mol. The van der Waals surface area contributed by atoms with E-state index in [4.69, 9.17) is 5.11 Å². The van der Waals surface area contributed by atoms with Crippen LogP contribution >= 0.6 is 0 Å². The smallest absolute Gasteiger partial charge is 0.342 e. The van der Waals surface area contributed by atoms with E-state index in [0.717, 1.165) is 0 Å². The van der Waals surface area contributed by atoms with E-state index >= 15 is 0 Å². The van der Waals surface area contributed by atoms with Gasteiger partial charge in [0.2, 0.25) is 0 Å². The zero-order chi connectivity index (χ0) is 14.4. The number of hydrogen-bond donors (Lipinski definition) is 1. The summed E-state index contributed by atoms with van der Waals surface area (Å²) < 4.78 is 1.46. The molecule has 0 saturated heterocycles. The maximum Gasteiger partial charge on any atom is 0.342 e. The number of aliphatic carboxylic acids is 1. The molecular weight excluding hydrogens is 252 g/mol. The van der Waals surface area contributed by atoms with Crippen molar-refractivity contribution < 1.29 is 14.8 Å². The van der Waals surface area contributed by atoms with Gasteiger partial charge in [0, 0.05) is 20.0 Å². The molecule has 1 aromatic heterocycles. The molecule has 1 heterocycles. The minimum absolute atomic E-state index is 0.0913. The molecule has 8 nitrogen and oxygen atoms in total. The van der Waals surface area contributed by atoms with Crippen molar-refractivity contribution in [2.75, 3.05) is 19.6 Å². The predicted molar refractivity (Wildman–Crippen MR) is 67.9 cm³/mol. The summed E-state index contributed by atoms with van der Waals surface area (Å²) in [5.74, 6) is -0.509. The minimum Gasteiger partial charge on any atom is -0.480 e. The van der Waals surface area contributed by atoms with Crippen LogP contribution in [0.15, 0.2) is 18.9 Å². The van der Waals surface area contributed by atoms with Gasteiger partial charge in [0.1, 0.15) is 12.7 Å². The second-order valence-corrected chi connectivity index (χ2v) is 3.99. The third kappa shape index (κ3) is 4.18. The normalized spacial score (nSPS) is 10.6. The van der Waals surface area contributed by atoms with Crippen LogP contribution in [0.4, 0.5) is 5.82 Å². The van der Waals surface area contributed by atoms with Crippen molar-refractivity contribution in [3.63, 3.8) is 0 Å². The Morgan fingerprint density at radius 3 is 2.95 bits per heavy atom. The fourth-order valence-corrected chi connectivity index (χ4v) is 1.73. The van der Waals surface area contributed by atoms with Crippen molar-refractivity contribution in [1.29, 1.82) is 0 Å². The Morgan fingerprint density at radius 2 is 2.42 bits per heavy atom. The average molecular weight is 268 g/mol. The van der Waals surface area contributed by atoms with E-state index in [1.54, 1.807) is 17.9 Å². The molecule has 0 amide bonds. The molecule has 1 aromatic rings. The van der Waals surface area contributed by atoms with Crippen LogP contribution in [0, 0.1) is 17.0 Å². The van der Waals surface area contributed by atoms with Crippen molar-refractivity contribution in [1.82, 2.24) is 14.5 Å². The Labute approximate surface area is 110 Å². The highest BCUT2D eigenvalue weighted by molar-refractivity contribution is 5.69. The van der Waals surface area contributed by atoms with Crippen LogP contribution in [-0.2, 0) is 11.3 Å². The highest BCUT2D eigenvalue weighted by Gasteiger charge is 2.18. The van der Waals surface area contributed by atoms with Crippen LogP contribution in [-0.4, -0.2) is 50.1 Å². The van der Waals surface area contributed by atoms with Crippen LogP contribution in [0.1, 0.15) is 5.82 Å². The summed E-state index contributed by atoms with van der Waals surface area (Å²) in [6, 6.07) is 0. The Kier molecular flexibility index (Phi) is 5.19. The second-order valence-electron chi connectivity index (χ2n) is 3.99. The number of aromatic nitrogens is 2. The van der Waals surface area contributed by atoms with Gasteiger partial charge in [0.05, 0.1) is 6.54 Å². The number of nitrogens with zero attached hydrogens (tertiary/aromatic N) is 4. The molecule has 1 rings (SSSR count). The molecule has 0 unspecified atom stereocenters. The molecular formula is C11H16N4O4. The van der Waals surface area contributed by atoms with Gasteiger partial charge >= 0.3 is 11.8 Å². The summed E-state index contributed by atoms with van der Waals surface area (Å²) in [4.78, 5) is 26.5. The van der Waals surface area contributed by atoms with Crippen molar-refractivity contribution >= 4 is 11.8 Å². The summed E-state index contributed by atoms with van der Waals surface area (Å²) >= 11 is 0. The highest BCUT2D eigenvalue weighted by Crippen LogP contribution is 2.13. The summed E-state index contributed by atoms with van der Waals surface area (Å²) in [5.41, 5.74) is 0.